The van der Waals surface area contributed by atoms with Crippen molar-refractivity contribution in [1.29, 1.82) is 0 Å². The number of pyridine rings is 1. The average Bonchev–Trinajstić information content (AvgIpc) is 2.71. The molecule has 0 unspecified atom stereocenters. The van der Waals surface area contributed by atoms with Crippen molar-refractivity contribution in [3.8, 4) is 11.5 Å². The third-order valence-corrected chi connectivity index (χ3v) is 4.14. The quantitative estimate of drug-likeness (QED) is 0.807. The molecule has 2 aromatic rings. The molecule has 2 heterocycles. The van der Waals surface area contributed by atoms with Crippen molar-refractivity contribution in [2.75, 3.05) is 49.7 Å². The maximum Gasteiger partial charge on any atom is 0.259 e. The Morgan fingerprint density at radius 2 is 1.89 bits per heavy atom. The standard InChI is InChI=1S/C20H25N3O4/c1-3-26-17-8-7-15(14-18(17)27-4-2)22-20(24)16-6-5-9-21-19(16)23-10-12-25-13-11-23/h5-9,14H,3-4,10-13H2,1-2H3,(H,22,24). The van der Waals surface area contributed by atoms with Gasteiger partial charge in [-0.3, -0.25) is 4.79 Å². The zero-order valence-electron chi connectivity index (χ0n) is 15.7. The van der Waals surface area contributed by atoms with Crippen LogP contribution in [0.4, 0.5) is 11.5 Å². The van der Waals surface area contributed by atoms with Crippen LogP contribution in [0.2, 0.25) is 0 Å². The van der Waals surface area contributed by atoms with Gasteiger partial charge in [0.25, 0.3) is 5.91 Å². The maximum atomic E-state index is 12.9. The third kappa shape index (κ3) is 4.68. The lowest BCUT2D eigenvalue weighted by molar-refractivity contribution is 0.102. The van der Waals surface area contributed by atoms with E-state index in [-0.39, 0.29) is 5.91 Å². The number of carbonyl (C=O) groups excluding carboxylic acids is 1. The zero-order chi connectivity index (χ0) is 19.1. The van der Waals surface area contributed by atoms with Crippen molar-refractivity contribution >= 4 is 17.4 Å². The summed E-state index contributed by atoms with van der Waals surface area (Å²) in [6.45, 7) is 7.59. The highest BCUT2D eigenvalue weighted by Crippen LogP contribution is 2.31. The topological polar surface area (TPSA) is 72.9 Å². The first-order valence-corrected chi connectivity index (χ1v) is 9.21. The van der Waals surface area contributed by atoms with E-state index in [4.69, 9.17) is 14.2 Å². The molecular formula is C20H25N3O4. The van der Waals surface area contributed by atoms with Gasteiger partial charge in [0.15, 0.2) is 11.5 Å². The number of benzene rings is 1. The lowest BCUT2D eigenvalue weighted by Crippen LogP contribution is -2.38. The number of rotatable bonds is 7. The van der Waals surface area contributed by atoms with Gasteiger partial charge in [0.05, 0.1) is 32.0 Å². The summed E-state index contributed by atoms with van der Waals surface area (Å²) >= 11 is 0. The van der Waals surface area contributed by atoms with Crippen LogP contribution in [0.25, 0.3) is 0 Å². The smallest absolute Gasteiger partial charge is 0.259 e. The fourth-order valence-electron chi connectivity index (χ4n) is 2.93. The van der Waals surface area contributed by atoms with Crippen LogP contribution in [-0.2, 0) is 4.74 Å². The fraction of sp³-hybridized carbons (Fsp3) is 0.400. The number of carbonyl (C=O) groups is 1. The van der Waals surface area contributed by atoms with Gasteiger partial charge in [-0.1, -0.05) is 0 Å². The van der Waals surface area contributed by atoms with Crippen LogP contribution in [0.3, 0.4) is 0 Å². The Labute approximate surface area is 159 Å². The zero-order valence-corrected chi connectivity index (χ0v) is 15.7. The third-order valence-electron chi connectivity index (χ3n) is 4.14. The monoisotopic (exact) mass is 371 g/mol. The highest BCUT2D eigenvalue weighted by atomic mass is 16.5. The summed E-state index contributed by atoms with van der Waals surface area (Å²) < 4.78 is 16.6. The van der Waals surface area contributed by atoms with Gasteiger partial charge in [-0.25, -0.2) is 4.98 Å². The molecule has 7 heteroatoms. The Bertz CT molecular complexity index is 776. The van der Waals surface area contributed by atoms with Crippen molar-refractivity contribution in [2.45, 2.75) is 13.8 Å². The van der Waals surface area contributed by atoms with E-state index in [1.165, 1.54) is 0 Å². The molecule has 1 N–H and O–H groups in total. The number of morpholine rings is 1. The second-order valence-electron chi connectivity index (χ2n) is 5.96. The molecule has 1 saturated heterocycles. The molecule has 1 aromatic heterocycles. The molecule has 1 aromatic carbocycles. The average molecular weight is 371 g/mol. The lowest BCUT2D eigenvalue weighted by atomic mass is 10.2. The van der Waals surface area contributed by atoms with E-state index in [0.717, 1.165) is 13.1 Å². The minimum atomic E-state index is -0.212. The van der Waals surface area contributed by atoms with Crippen molar-refractivity contribution < 1.29 is 19.0 Å². The van der Waals surface area contributed by atoms with Crippen molar-refractivity contribution in [1.82, 2.24) is 4.98 Å². The van der Waals surface area contributed by atoms with E-state index in [1.54, 1.807) is 36.5 Å². The second-order valence-corrected chi connectivity index (χ2v) is 5.96. The number of hydrogen-bond acceptors (Lipinski definition) is 6. The van der Waals surface area contributed by atoms with E-state index < -0.39 is 0 Å². The Balaban J connectivity index is 1.80. The predicted octanol–water partition coefficient (Wildman–Crippen LogP) is 2.97. The highest BCUT2D eigenvalue weighted by Gasteiger charge is 2.20. The molecular weight excluding hydrogens is 346 g/mol. The van der Waals surface area contributed by atoms with Crippen LogP contribution in [0.5, 0.6) is 11.5 Å². The normalized spacial score (nSPS) is 13.9. The van der Waals surface area contributed by atoms with Gasteiger partial charge in [-0.2, -0.15) is 0 Å². The molecule has 1 fully saturated rings. The van der Waals surface area contributed by atoms with Gasteiger partial charge in [0, 0.05) is 31.0 Å². The Morgan fingerprint density at radius 3 is 2.63 bits per heavy atom. The molecule has 0 spiro atoms. The number of ether oxygens (including phenoxy) is 3. The Morgan fingerprint density at radius 1 is 1.15 bits per heavy atom. The summed E-state index contributed by atoms with van der Waals surface area (Å²) in [6, 6.07) is 8.93. The SMILES string of the molecule is CCOc1ccc(NC(=O)c2cccnc2N2CCOCC2)cc1OCC. The maximum absolute atomic E-state index is 12.9. The van der Waals surface area contributed by atoms with Crippen LogP contribution < -0.4 is 19.7 Å². The summed E-state index contributed by atoms with van der Waals surface area (Å²) in [6.07, 6.45) is 1.70. The molecule has 27 heavy (non-hydrogen) atoms. The Hall–Kier alpha value is -2.80. The largest absolute Gasteiger partial charge is 0.490 e. The molecule has 0 aliphatic carbocycles. The molecule has 0 radical (unpaired) electrons. The number of hydrogen-bond donors (Lipinski definition) is 1. The van der Waals surface area contributed by atoms with Gasteiger partial charge in [0.2, 0.25) is 0 Å². The van der Waals surface area contributed by atoms with Gasteiger partial charge >= 0.3 is 0 Å². The van der Waals surface area contributed by atoms with Crippen LogP contribution in [0.1, 0.15) is 24.2 Å². The van der Waals surface area contributed by atoms with E-state index in [0.29, 0.717) is 55.0 Å². The first-order valence-electron chi connectivity index (χ1n) is 9.21. The van der Waals surface area contributed by atoms with E-state index >= 15 is 0 Å². The molecule has 0 saturated carbocycles. The minimum absolute atomic E-state index is 0.212. The molecule has 1 aliphatic heterocycles. The van der Waals surface area contributed by atoms with Gasteiger partial charge in [-0.15, -0.1) is 0 Å². The summed E-state index contributed by atoms with van der Waals surface area (Å²) in [5.74, 6) is 1.73. The molecule has 7 nitrogen and oxygen atoms in total. The summed E-state index contributed by atoms with van der Waals surface area (Å²) in [7, 11) is 0. The molecule has 0 bridgehead atoms. The molecule has 144 valence electrons. The highest BCUT2D eigenvalue weighted by molar-refractivity contribution is 6.07. The summed E-state index contributed by atoms with van der Waals surface area (Å²) in [5.41, 5.74) is 1.18. The minimum Gasteiger partial charge on any atom is -0.490 e. The van der Waals surface area contributed by atoms with Gasteiger partial charge < -0.3 is 24.4 Å². The number of aromatic nitrogens is 1. The van der Waals surface area contributed by atoms with Gasteiger partial charge in [-0.05, 0) is 38.1 Å². The summed E-state index contributed by atoms with van der Waals surface area (Å²) in [4.78, 5) is 19.4. The van der Waals surface area contributed by atoms with E-state index in [1.807, 2.05) is 13.8 Å². The fourth-order valence-corrected chi connectivity index (χ4v) is 2.93. The van der Waals surface area contributed by atoms with E-state index in [9.17, 15) is 4.79 Å². The first kappa shape index (κ1) is 19.0. The molecule has 1 aliphatic rings. The predicted molar refractivity (Wildman–Crippen MR) is 104 cm³/mol. The second kappa shape index (κ2) is 9.23. The molecule has 0 atom stereocenters. The van der Waals surface area contributed by atoms with Crippen LogP contribution in [-0.4, -0.2) is 50.4 Å². The van der Waals surface area contributed by atoms with Crippen molar-refractivity contribution in [3.63, 3.8) is 0 Å². The molecule has 1 amide bonds. The van der Waals surface area contributed by atoms with Gasteiger partial charge in [0.1, 0.15) is 5.82 Å². The van der Waals surface area contributed by atoms with Crippen LogP contribution >= 0.6 is 0 Å². The van der Waals surface area contributed by atoms with Crippen molar-refractivity contribution in [3.05, 3.63) is 42.1 Å². The van der Waals surface area contributed by atoms with Crippen LogP contribution in [0.15, 0.2) is 36.5 Å². The first-order chi connectivity index (χ1) is 13.2. The van der Waals surface area contributed by atoms with E-state index in [2.05, 4.69) is 15.2 Å². The number of nitrogens with zero attached hydrogens (tertiary/aromatic N) is 2. The van der Waals surface area contributed by atoms with Crippen LogP contribution in [0, 0.1) is 0 Å². The van der Waals surface area contributed by atoms with Crippen molar-refractivity contribution in [2.24, 2.45) is 0 Å². The number of amides is 1. The number of anilines is 2. The Kier molecular flexibility index (Phi) is 6.49. The lowest BCUT2D eigenvalue weighted by Gasteiger charge is -2.29. The number of nitrogens with one attached hydrogen (secondary N) is 1. The summed E-state index contributed by atoms with van der Waals surface area (Å²) in [5, 5.41) is 2.93. The molecule has 3 rings (SSSR count).